The van der Waals surface area contributed by atoms with Crippen LogP contribution in [0, 0.1) is 5.92 Å². The van der Waals surface area contributed by atoms with Crippen LogP contribution in [0.4, 0.5) is 0 Å². The highest BCUT2D eigenvalue weighted by Crippen LogP contribution is 2.33. The summed E-state index contributed by atoms with van der Waals surface area (Å²) >= 11 is 1.53. The Kier molecular flexibility index (Phi) is 4.71. The summed E-state index contributed by atoms with van der Waals surface area (Å²) in [5.41, 5.74) is 6.67. The van der Waals surface area contributed by atoms with E-state index in [-0.39, 0.29) is 11.8 Å². The van der Waals surface area contributed by atoms with Gasteiger partial charge in [0, 0.05) is 22.8 Å². The van der Waals surface area contributed by atoms with Crippen molar-refractivity contribution in [3.63, 3.8) is 0 Å². The van der Waals surface area contributed by atoms with Crippen molar-refractivity contribution in [2.75, 3.05) is 0 Å². The molecule has 120 valence electrons. The molecule has 1 atom stereocenters. The van der Waals surface area contributed by atoms with Gasteiger partial charge in [-0.1, -0.05) is 13.3 Å². The number of nitrogens with one attached hydrogen (secondary N) is 2. The van der Waals surface area contributed by atoms with Gasteiger partial charge in [0.2, 0.25) is 0 Å². The third kappa shape index (κ3) is 3.59. The van der Waals surface area contributed by atoms with Crippen LogP contribution < -0.4 is 10.9 Å². The number of nitrogens with zero attached hydrogens (tertiary/aromatic N) is 1. The van der Waals surface area contributed by atoms with E-state index in [9.17, 15) is 9.59 Å². The second kappa shape index (κ2) is 6.91. The first-order valence-corrected chi connectivity index (χ1v) is 8.61. The first-order valence-electron chi connectivity index (χ1n) is 7.79. The van der Waals surface area contributed by atoms with E-state index in [4.69, 9.17) is 0 Å². The molecule has 2 heterocycles. The van der Waals surface area contributed by atoms with Crippen molar-refractivity contribution < 1.29 is 9.59 Å². The molecular formula is C17H19N3O2S. The summed E-state index contributed by atoms with van der Waals surface area (Å²) in [5.74, 6) is 0.104. The molecule has 1 aliphatic carbocycles. The first-order chi connectivity index (χ1) is 11.2. The summed E-state index contributed by atoms with van der Waals surface area (Å²) in [6, 6.07) is 5.15. The largest absolute Gasteiger partial charge is 0.279 e. The molecule has 3 rings (SSSR count). The monoisotopic (exact) mass is 329 g/mol. The molecular weight excluding hydrogens is 310 g/mol. The molecule has 2 aromatic rings. The standard InChI is InChI=1S/C17H19N3O2S/c1-2-11-3-4-14-13(9-11)10-15(23-14)17(22)20-19-16(21)12-5-7-18-8-6-12/h5-8,10-11H,2-4,9H2,1H3,(H,19,21)(H,20,22)/t11-/m1/s1. The van der Waals surface area contributed by atoms with Crippen molar-refractivity contribution in [3.8, 4) is 0 Å². The van der Waals surface area contributed by atoms with Crippen LogP contribution in [0.15, 0.2) is 30.6 Å². The van der Waals surface area contributed by atoms with Gasteiger partial charge in [0.15, 0.2) is 0 Å². The molecule has 5 nitrogen and oxygen atoms in total. The lowest BCUT2D eigenvalue weighted by Crippen LogP contribution is -2.41. The summed E-state index contributed by atoms with van der Waals surface area (Å²) in [5, 5.41) is 0. The summed E-state index contributed by atoms with van der Waals surface area (Å²) in [6.07, 6.45) is 7.55. The van der Waals surface area contributed by atoms with Crippen LogP contribution >= 0.6 is 11.3 Å². The van der Waals surface area contributed by atoms with E-state index in [1.54, 1.807) is 12.1 Å². The van der Waals surface area contributed by atoms with Crippen LogP contribution in [0.2, 0.25) is 0 Å². The number of aryl methyl sites for hydroxylation is 1. The number of hydrazine groups is 1. The number of carbonyl (C=O) groups is 2. The molecule has 0 aliphatic heterocycles. The second-order valence-corrected chi connectivity index (χ2v) is 6.86. The maximum absolute atomic E-state index is 12.2. The summed E-state index contributed by atoms with van der Waals surface area (Å²) in [7, 11) is 0. The SMILES string of the molecule is CC[C@@H]1CCc2sc(C(=O)NNC(=O)c3ccncc3)cc2C1. The molecule has 0 aromatic carbocycles. The Morgan fingerprint density at radius 2 is 2.00 bits per heavy atom. The van der Waals surface area contributed by atoms with E-state index in [1.165, 1.54) is 47.0 Å². The van der Waals surface area contributed by atoms with Gasteiger partial charge >= 0.3 is 0 Å². The van der Waals surface area contributed by atoms with Gasteiger partial charge < -0.3 is 0 Å². The molecule has 2 amide bonds. The fourth-order valence-electron chi connectivity index (χ4n) is 2.81. The van der Waals surface area contributed by atoms with E-state index >= 15 is 0 Å². The average Bonchev–Trinajstić information content (AvgIpc) is 3.03. The Morgan fingerprint density at radius 3 is 2.74 bits per heavy atom. The zero-order valence-electron chi connectivity index (χ0n) is 13.0. The number of fused-ring (bicyclic) bond motifs is 1. The number of rotatable bonds is 3. The number of thiophene rings is 1. The number of hydrogen-bond acceptors (Lipinski definition) is 4. The van der Waals surface area contributed by atoms with Gasteiger partial charge in [0.05, 0.1) is 4.88 Å². The molecule has 0 radical (unpaired) electrons. The highest BCUT2D eigenvalue weighted by molar-refractivity contribution is 7.14. The molecule has 23 heavy (non-hydrogen) atoms. The van der Waals surface area contributed by atoms with E-state index < -0.39 is 0 Å². The molecule has 0 saturated carbocycles. The van der Waals surface area contributed by atoms with Crippen molar-refractivity contribution in [1.82, 2.24) is 15.8 Å². The minimum atomic E-state index is -0.354. The Morgan fingerprint density at radius 1 is 1.26 bits per heavy atom. The van der Waals surface area contributed by atoms with Gasteiger partial charge in [-0.3, -0.25) is 25.4 Å². The minimum absolute atomic E-state index is 0.264. The van der Waals surface area contributed by atoms with Crippen LogP contribution in [0.1, 0.15) is 50.2 Å². The Labute approximate surface area is 139 Å². The van der Waals surface area contributed by atoms with Crippen LogP contribution in [0.25, 0.3) is 0 Å². The Bertz CT molecular complexity index is 712. The van der Waals surface area contributed by atoms with Gasteiger partial charge in [-0.15, -0.1) is 11.3 Å². The first kappa shape index (κ1) is 15.7. The summed E-state index contributed by atoms with van der Waals surface area (Å²) < 4.78 is 0. The zero-order chi connectivity index (χ0) is 16.2. The molecule has 2 aromatic heterocycles. The summed E-state index contributed by atoms with van der Waals surface area (Å²) in [4.78, 5) is 29.9. The molecule has 0 fully saturated rings. The molecule has 6 heteroatoms. The van der Waals surface area contributed by atoms with Gasteiger partial charge in [-0.2, -0.15) is 0 Å². The number of aromatic nitrogens is 1. The normalized spacial score (nSPS) is 16.5. The molecule has 0 spiro atoms. The third-order valence-corrected chi connectivity index (χ3v) is 5.45. The number of carbonyl (C=O) groups excluding carboxylic acids is 2. The minimum Gasteiger partial charge on any atom is -0.267 e. The van der Waals surface area contributed by atoms with Crippen LogP contribution in [-0.2, 0) is 12.8 Å². The predicted octanol–water partition coefficient (Wildman–Crippen LogP) is 2.73. The molecule has 0 saturated heterocycles. The smallest absolute Gasteiger partial charge is 0.267 e. The highest BCUT2D eigenvalue weighted by atomic mass is 32.1. The van der Waals surface area contributed by atoms with E-state index in [2.05, 4.69) is 22.8 Å². The van der Waals surface area contributed by atoms with Crippen LogP contribution in [0.3, 0.4) is 0 Å². The van der Waals surface area contributed by atoms with Gasteiger partial charge in [0.1, 0.15) is 0 Å². The third-order valence-electron chi connectivity index (χ3n) is 4.22. The lowest BCUT2D eigenvalue weighted by molar-refractivity contribution is 0.0849. The van der Waals surface area contributed by atoms with E-state index in [1.807, 2.05) is 6.07 Å². The van der Waals surface area contributed by atoms with Gasteiger partial charge in [0.25, 0.3) is 11.8 Å². The fraction of sp³-hybridized carbons (Fsp3) is 0.353. The Balaban J connectivity index is 1.61. The van der Waals surface area contributed by atoms with Crippen LogP contribution in [-0.4, -0.2) is 16.8 Å². The molecule has 0 unspecified atom stereocenters. The summed E-state index contributed by atoms with van der Waals surface area (Å²) in [6.45, 7) is 2.21. The molecule has 2 N–H and O–H groups in total. The predicted molar refractivity (Wildman–Crippen MR) is 89.3 cm³/mol. The lowest BCUT2D eigenvalue weighted by Gasteiger charge is -2.19. The molecule has 0 bridgehead atoms. The van der Waals surface area contributed by atoms with E-state index in [0.717, 1.165) is 18.8 Å². The Hall–Kier alpha value is -2.21. The van der Waals surface area contributed by atoms with Crippen molar-refractivity contribution in [3.05, 3.63) is 51.5 Å². The number of hydrogen-bond donors (Lipinski definition) is 2. The lowest BCUT2D eigenvalue weighted by atomic mass is 9.87. The fourth-order valence-corrected chi connectivity index (χ4v) is 3.91. The second-order valence-electron chi connectivity index (χ2n) is 5.72. The van der Waals surface area contributed by atoms with Crippen molar-refractivity contribution in [2.45, 2.75) is 32.6 Å². The zero-order valence-corrected chi connectivity index (χ0v) is 13.8. The maximum atomic E-state index is 12.2. The quantitative estimate of drug-likeness (QED) is 0.851. The van der Waals surface area contributed by atoms with Crippen molar-refractivity contribution in [2.24, 2.45) is 5.92 Å². The van der Waals surface area contributed by atoms with Gasteiger partial charge in [-0.25, -0.2) is 0 Å². The van der Waals surface area contributed by atoms with Gasteiger partial charge in [-0.05, 0) is 48.9 Å². The average molecular weight is 329 g/mol. The van der Waals surface area contributed by atoms with E-state index in [0.29, 0.717) is 10.4 Å². The van der Waals surface area contributed by atoms with Crippen molar-refractivity contribution >= 4 is 23.2 Å². The highest BCUT2D eigenvalue weighted by Gasteiger charge is 2.22. The molecule has 1 aliphatic rings. The topological polar surface area (TPSA) is 71.1 Å². The number of pyridine rings is 1. The van der Waals surface area contributed by atoms with Crippen LogP contribution in [0.5, 0.6) is 0 Å². The number of amides is 2. The maximum Gasteiger partial charge on any atom is 0.279 e. The van der Waals surface area contributed by atoms with Crippen molar-refractivity contribution in [1.29, 1.82) is 0 Å².